The molecule has 0 aromatic heterocycles. The molecule has 0 aliphatic rings. The number of hydrogen-bond donors (Lipinski definition) is 1. The molecule has 3 nitrogen and oxygen atoms in total. The highest BCUT2D eigenvalue weighted by Crippen LogP contribution is 2.28. The summed E-state index contributed by atoms with van der Waals surface area (Å²) in [6.07, 6.45) is -2.09. The summed E-state index contributed by atoms with van der Waals surface area (Å²) < 4.78 is 31.9. The molecule has 102 valence electrons. The second-order valence-electron chi connectivity index (χ2n) is 3.31. The molecule has 7 heteroatoms. The van der Waals surface area contributed by atoms with Gasteiger partial charge in [0, 0.05) is 10.0 Å². The van der Waals surface area contributed by atoms with Crippen molar-refractivity contribution in [3.8, 4) is 0 Å². The molecule has 1 rings (SSSR count). The van der Waals surface area contributed by atoms with Crippen LogP contribution in [-0.2, 0) is 9.53 Å². The van der Waals surface area contributed by atoms with E-state index in [-0.39, 0.29) is 24.6 Å². The molecule has 2 N–H and O–H groups in total. The SMILES string of the molecule is CCOC(=O)C(F)[C@H](N)c1c(F)cccc1Br.Cl. The van der Waals surface area contributed by atoms with E-state index in [0.717, 1.165) is 6.07 Å². The Labute approximate surface area is 118 Å². The van der Waals surface area contributed by atoms with Crippen molar-refractivity contribution in [3.63, 3.8) is 0 Å². The van der Waals surface area contributed by atoms with Crippen LogP contribution < -0.4 is 5.73 Å². The van der Waals surface area contributed by atoms with Crippen molar-refractivity contribution < 1.29 is 18.3 Å². The Bertz CT molecular complexity index is 400. The van der Waals surface area contributed by atoms with Crippen molar-refractivity contribution in [1.82, 2.24) is 0 Å². The summed E-state index contributed by atoms with van der Waals surface area (Å²) in [5.74, 6) is -1.76. The van der Waals surface area contributed by atoms with Crippen LogP contribution in [0.5, 0.6) is 0 Å². The van der Waals surface area contributed by atoms with Gasteiger partial charge in [0.1, 0.15) is 5.82 Å². The lowest BCUT2D eigenvalue weighted by Gasteiger charge is -2.17. The molecule has 0 aliphatic heterocycles. The van der Waals surface area contributed by atoms with Gasteiger partial charge in [-0.25, -0.2) is 13.6 Å². The van der Waals surface area contributed by atoms with Crippen LogP contribution in [0.1, 0.15) is 18.5 Å². The average molecular weight is 345 g/mol. The normalized spacial score (nSPS) is 13.4. The minimum atomic E-state index is -2.09. The van der Waals surface area contributed by atoms with Crippen LogP contribution >= 0.6 is 28.3 Å². The first-order valence-corrected chi connectivity index (χ1v) is 5.78. The zero-order valence-corrected chi connectivity index (χ0v) is 11.9. The zero-order valence-electron chi connectivity index (χ0n) is 9.53. The van der Waals surface area contributed by atoms with Gasteiger partial charge < -0.3 is 10.5 Å². The fourth-order valence-corrected chi connectivity index (χ4v) is 1.95. The fraction of sp³-hybridized carbons (Fsp3) is 0.364. The molecule has 0 amide bonds. The second-order valence-corrected chi connectivity index (χ2v) is 4.17. The number of esters is 1. The van der Waals surface area contributed by atoms with E-state index in [2.05, 4.69) is 20.7 Å². The van der Waals surface area contributed by atoms with Gasteiger partial charge in [0.25, 0.3) is 0 Å². The molecule has 0 spiro atoms. The van der Waals surface area contributed by atoms with Gasteiger partial charge in [0.2, 0.25) is 6.17 Å². The van der Waals surface area contributed by atoms with Gasteiger partial charge in [0.05, 0.1) is 12.6 Å². The first-order valence-electron chi connectivity index (χ1n) is 4.99. The molecule has 0 aliphatic carbocycles. The summed E-state index contributed by atoms with van der Waals surface area (Å²) in [7, 11) is 0. The van der Waals surface area contributed by atoms with Crippen molar-refractivity contribution in [2.24, 2.45) is 5.73 Å². The molecular formula is C11H13BrClF2NO2. The van der Waals surface area contributed by atoms with Crippen molar-refractivity contribution in [3.05, 3.63) is 34.1 Å². The quantitative estimate of drug-likeness (QED) is 0.855. The lowest BCUT2D eigenvalue weighted by molar-refractivity contribution is -0.150. The number of carbonyl (C=O) groups excluding carboxylic acids is 1. The smallest absolute Gasteiger partial charge is 0.342 e. The summed E-state index contributed by atoms with van der Waals surface area (Å²) >= 11 is 3.07. The molecule has 0 heterocycles. The fourth-order valence-electron chi connectivity index (χ4n) is 1.34. The van der Waals surface area contributed by atoms with Gasteiger partial charge in [-0.1, -0.05) is 22.0 Å². The summed E-state index contributed by atoms with van der Waals surface area (Å²) in [5.41, 5.74) is 5.45. The maximum Gasteiger partial charge on any atom is 0.342 e. The number of alkyl halides is 1. The van der Waals surface area contributed by atoms with E-state index in [1.165, 1.54) is 12.1 Å². The van der Waals surface area contributed by atoms with Crippen LogP contribution in [0.15, 0.2) is 22.7 Å². The number of hydrogen-bond acceptors (Lipinski definition) is 3. The largest absolute Gasteiger partial charge is 0.464 e. The molecule has 0 radical (unpaired) electrons. The van der Waals surface area contributed by atoms with Crippen LogP contribution in [0.25, 0.3) is 0 Å². The third kappa shape index (κ3) is 3.90. The first kappa shape index (κ1) is 17.3. The molecule has 2 atom stereocenters. The Morgan fingerprint density at radius 3 is 2.67 bits per heavy atom. The average Bonchev–Trinajstić information content (AvgIpc) is 2.27. The van der Waals surface area contributed by atoms with Crippen LogP contribution in [0.2, 0.25) is 0 Å². The number of benzene rings is 1. The van der Waals surface area contributed by atoms with Crippen LogP contribution in [0.4, 0.5) is 8.78 Å². The van der Waals surface area contributed by atoms with E-state index in [1.54, 1.807) is 6.92 Å². The Kier molecular flexibility index (Phi) is 7.35. The molecule has 1 aromatic carbocycles. The maximum absolute atomic E-state index is 13.6. The Morgan fingerprint density at radius 2 is 2.17 bits per heavy atom. The lowest BCUT2D eigenvalue weighted by atomic mass is 10.0. The van der Waals surface area contributed by atoms with E-state index in [0.29, 0.717) is 4.47 Å². The number of ether oxygens (including phenoxy) is 1. The van der Waals surface area contributed by atoms with Crippen molar-refractivity contribution in [2.75, 3.05) is 6.61 Å². The van der Waals surface area contributed by atoms with Gasteiger partial charge in [-0.3, -0.25) is 0 Å². The zero-order chi connectivity index (χ0) is 13.0. The summed E-state index contributed by atoms with van der Waals surface area (Å²) in [6.45, 7) is 1.60. The van der Waals surface area contributed by atoms with Gasteiger partial charge in [-0.2, -0.15) is 0 Å². The third-order valence-corrected chi connectivity index (χ3v) is 2.85. The van der Waals surface area contributed by atoms with Crippen molar-refractivity contribution in [1.29, 1.82) is 0 Å². The van der Waals surface area contributed by atoms with E-state index < -0.39 is 24.0 Å². The Balaban J connectivity index is 0.00000289. The molecule has 1 unspecified atom stereocenters. The predicted octanol–water partition coefficient (Wildman–Crippen LogP) is 2.91. The van der Waals surface area contributed by atoms with Crippen molar-refractivity contribution in [2.45, 2.75) is 19.1 Å². The molecule has 18 heavy (non-hydrogen) atoms. The highest BCUT2D eigenvalue weighted by Gasteiger charge is 2.30. The minimum Gasteiger partial charge on any atom is -0.464 e. The molecule has 0 saturated carbocycles. The van der Waals surface area contributed by atoms with E-state index in [9.17, 15) is 13.6 Å². The predicted molar refractivity (Wildman–Crippen MR) is 69.8 cm³/mol. The summed E-state index contributed by atoms with van der Waals surface area (Å²) in [6, 6.07) is 2.73. The molecule has 1 aromatic rings. The highest BCUT2D eigenvalue weighted by atomic mass is 79.9. The van der Waals surface area contributed by atoms with Gasteiger partial charge in [-0.05, 0) is 19.1 Å². The van der Waals surface area contributed by atoms with Gasteiger partial charge in [0.15, 0.2) is 0 Å². The lowest BCUT2D eigenvalue weighted by Crippen LogP contribution is -2.32. The van der Waals surface area contributed by atoms with Crippen LogP contribution in [0.3, 0.4) is 0 Å². The standard InChI is InChI=1S/C11H12BrF2NO2.ClH/c1-2-17-11(16)9(14)10(15)8-6(12)4-3-5-7(8)13;/h3-5,9-10H,2,15H2,1H3;1H/t9?,10-;/m1./s1. The Morgan fingerprint density at radius 1 is 1.56 bits per heavy atom. The summed E-state index contributed by atoms with van der Waals surface area (Å²) in [4.78, 5) is 11.2. The highest BCUT2D eigenvalue weighted by molar-refractivity contribution is 9.10. The Hall–Kier alpha value is -0.720. The molecule has 0 saturated heterocycles. The maximum atomic E-state index is 13.6. The van der Waals surface area contributed by atoms with Crippen LogP contribution in [-0.4, -0.2) is 18.7 Å². The van der Waals surface area contributed by atoms with Crippen molar-refractivity contribution >= 4 is 34.3 Å². The van der Waals surface area contributed by atoms with E-state index in [1.807, 2.05) is 0 Å². The topological polar surface area (TPSA) is 52.3 Å². The minimum absolute atomic E-state index is 0. The van der Waals surface area contributed by atoms with E-state index >= 15 is 0 Å². The van der Waals surface area contributed by atoms with E-state index in [4.69, 9.17) is 5.73 Å². The number of nitrogens with two attached hydrogens (primary N) is 1. The second kappa shape index (κ2) is 7.66. The summed E-state index contributed by atoms with van der Waals surface area (Å²) in [5, 5.41) is 0. The number of halogens is 4. The molecule has 0 fully saturated rings. The monoisotopic (exact) mass is 343 g/mol. The molecule has 0 bridgehead atoms. The first-order chi connectivity index (χ1) is 7.99. The third-order valence-electron chi connectivity index (χ3n) is 2.16. The van der Waals surface area contributed by atoms with Gasteiger partial charge in [-0.15, -0.1) is 12.4 Å². The van der Waals surface area contributed by atoms with Crippen LogP contribution in [0, 0.1) is 5.82 Å². The number of carbonyl (C=O) groups is 1. The molecular weight excluding hydrogens is 331 g/mol. The number of rotatable bonds is 4. The van der Waals surface area contributed by atoms with Gasteiger partial charge >= 0.3 is 5.97 Å².